The average molecular weight is 488 g/mol. The highest BCUT2D eigenvalue weighted by atomic mass is 15.6. The Morgan fingerprint density at radius 2 is 1.14 bits per heavy atom. The molecule has 36 heavy (non-hydrogen) atoms. The lowest BCUT2D eigenvalue weighted by Crippen LogP contribution is -2.74. The van der Waals surface area contributed by atoms with Crippen molar-refractivity contribution in [1.29, 1.82) is 0 Å². The van der Waals surface area contributed by atoms with Crippen molar-refractivity contribution in [2.45, 2.75) is 70.6 Å². The van der Waals surface area contributed by atoms with Crippen LogP contribution in [0, 0.1) is 0 Å². The summed E-state index contributed by atoms with van der Waals surface area (Å²) in [6, 6.07) is 18.8. The van der Waals surface area contributed by atoms with Crippen LogP contribution in [0.3, 0.4) is 0 Å². The first kappa shape index (κ1) is 24.6. The monoisotopic (exact) mass is 487 g/mol. The van der Waals surface area contributed by atoms with Gasteiger partial charge in [0.25, 0.3) is 0 Å². The largest absolute Gasteiger partial charge is 0.304 e. The Hall–Kier alpha value is -1.72. The molecular weight excluding hydrogens is 440 g/mol. The SMILES string of the molecule is CCCCCCCCc1ccc(-c2ccc(CC[N+]34CCN5CCN6CCN(CC3)C4C65)cc2)cc1. The molecule has 0 radical (unpaired) electrons. The van der Waals surface area contributed by atoms with Gasteiger partial charge in [0.15, 0.2) is 6.17 Å². The molecule has 4 aliphatic rings. The lowest BCUT2D eigenvalue weighted by atomic mass is 9.99. The summed E-state index contributed by atoms with van der Waals surface area (Å²) < 4.78 is 1.33. The highest BCUT2D eigenvalue weighted by Crippen LogP contribution is 2.39. The summed E-state index contributed by atoms with van der Waals surface area (Å²) in [7, 11) is 0. The summed E-state index contributed by atoms with van der Waals surface area (Å²) in [6.45, 7) is 14.0. The smallest absolute Gasteiger partial charge is 0.175 e. The zero-order valence-corrected chi connectivity index (χ0v) is 22.6. The van der Waals surface area contributed by atoms with Crippen molar-refractivity contribution in [2.75, 3.05) is 58.9 Å². The van der Waals surface area contributed by atoms with Crippen LogP contribution in [0.1, 0.15) is 56.6 Å². The molecule has 3 atom stereocenters. The average Bonchev–Trinajstić information content (AvgIpc) is 3.51. The molecule has 0 saturated carbocycles. The van der Waals surface area contributed by atoms with Gasteiger partial charge in [-0.3, -0.25) is 9.80 Å². The molecule has 4 aliphatic heterocycles. The first-order chi connectivity index (χ1) is 17.8. The van der Waals surface area contributed by atoms with Gasteiger partial charge < -0.3 is 4.48 Å². The fourth-order valence-corrected chi connectivity index (χ4v) is 7.65. The Kier molecular flexibility index (Phi) is 7.48. The van der Waals surface area contributed by atoms with Gasteiger partial charge in [-0.15, -0.1) is 0 Å². The lowest BCUT2D eigenvalue weighted by Gasteiger charge is -2.54. The minimum Gasteiger partial charge on any atom is -0.304 e. The first-order valence-corrected chi connectivity index (χ1v) is 15.0. The molecule has 2 aromatic carbocycles. The van der Waals surface area contributed by atoms with Crippen molar-refractivity contribution >= 4 is 0 Å². The number of benzene rings is 2. The van der Waals surface area contributed by atoms with E-state index in [2.05, 4.69) is 70.2 Å². The van der Waals surface area contributed by atoms with Gasteiger partial charge >= 0.3 is 0 Å². The van der Waals surface area contributed by atoms with Crippen LogP contribution in [0.25, 0.3) is 11.1 Å². The number of aryl methyl sites for hydroxylation is 1. The van der Waals surface area contributed by atoms with E-state index in [1.165, 1.54) is 137 Å². The van der Waals surface area contributed by atoms with Gasteiger partial charge in [-0.1, -0.05) is 87.6 Å². The molecule has 2 aromatic rings. The summed E-state index contributed by atoms with van der Waals surface area (Å²) in [5.74, 6) is 0. The molecule has 4 heteroatoms. The number of rotatable bonds is 11. The Bertz CT molecular complexity index is 980. The molecule has 4 nitrogen and oxygen atoms in total. The van der Waals surface area contributed by atoms with E-state index in [-0.39, 0.29) is 0 Å². The Morgan fingerprint density at radius 3 is 1.81 bits per heavy atom. The van der Waals surface area contributed by atoms with Gasteiger partial charge in [0, 0.05) is 39.1 Å². The Morgan fingerprint density at radius 1 is 0.611 bits per heavy atom. The molecule has 4 fully saturated rings. The minimum atomic E-state index is 0.682. The summed E-state index contributed by atoms with van der Waals surface area (Å²) in [5.41, 5.74) is 5.70. The second-order valence-electron chi connectivity index (χ2n) is 12.0. The van der Waals surface area contributed by atoms with Crippen molar-refractivity contribution in [1.82, 2.24) is 14.7 Å². The number of hydrogen-bond donors (Lipinski definition) is 0. The van der Waals surface area contributed by atoms with Gasteiger partial charge in [0.05, 0.1) is 26.2 Å². The molecule has 0 aromatic heterocycles. The zero-order valence-electron chi connectivity index (χ0n) is 22.6. The molecule has 4 heterocycles. The maximum atomic E-state index is 2.83. The van der Waals surface area contributed by atoms with Gasteiger partial charge in [0.1, 0.15) is 6.17 Å². The molecule has 4 saturated heterocycles. The molecule has 0 amide bonds. The fraction of sp³-hybridized carbons (Fsp3) is 0.625. The number of piperazine rings is 2. The van der Waals surface area contributed by atoms with Gasteiger partial charge in [-0.25, -0.2) is 4.90 Å². The van der Waals surface area contributed by atoms with Crippen LogP contribution < -0.4 is 0 Å². The second-order valence-corrected chi connectivity index (χ2v) is 12.0. The van der Waals surface area contributed by atoms with Gasteiger partial charge in [-0.05, 0) is 35.1 Å². The van der Waals surface area contributed by atoms with E-state index in [1.807, 2.05) is 0 Å². The third kappa shape index (κ3) is 4.90. The highest BCUT2D eigenvalue weighted by Gasteiger charge is 2.59. The summed E-state index contributed by atoms with van der Waals surface area (Å²) in [4.78, 5) is 8.40. The van der Waals surface area contributed by atoms with Crippen molar-refractivity contribution < 1.29 is 4.48 Å². The maximum absolute atomic E-state index is 2.83. The topological polar surface area (TPSA) is 9.72 Å². The van der Waals surface area contributed by atoms with Crippen molar-refractivity contribution in [3.8, 4) is 11.1 Å². The van der Waals surface area contributed by atoms with Crippen LogP contribution in [0.2, 0.25) is 0 Å². The predicted molar refractivity (Wildman–Crippen MR) is 150 cm³/mol. The second kappa shape index (κ2) is 10.9. The highest BCUT2D eigenvalue weighted by molar-refractivity contribution is 5.64. The Labute approximate surface area is 219 Å². The van der Waals surface area contributed by atoms with Crippen LogP contribution in [-0.2, 0) is 12.8 Å². The minimum absolute atomic E-state index is 0.682. The maximum Gasteiger partial charge on any atom is 0.175 e. The fourth-order valence-electron chi connectivity index (χ4n) is 7.65. The molecule has 194 valence electrons. The standard InChI is InChI=1S/C32H47N4/c1-2-3-4-5-6-7-8-27-9-13-29(14-10-27)30-15-11-28(12-16-30)17-24-36-25-22-34-19-18-33-20-21-35(23-26-36)32(36)31(33)34/h9-16,31-32H,2-8,17-26H2,1H3/q+1. The van der Waals surface area contributed by atoms with E-state index in [9.17, 15) is 0 Å². The lowest BCUT2D eigenvalue weighted by molar-refractivity contribution is -0.954. The van der Waals surface area contributed by atoms with Crippen LogP contribution in [0.5, 0.6) is 0 Å². The van der Waals surface area contributed by atoms with Crippen LogP contribution in [0.4, 0.5) is 0 Å². The molecule has 6 rings (SSSR count). The van der Waals surface area contributed by atoms with Gasteiger partial charge in [0.2, 0.25) is 0 Å². The van der Waals surface area contributed by atoms with E-state index in [4.69, 9.17) is 0 Å². The zero-order chi connectivity index (χ0) is 24.4. The predicted octanol–water partition coefficient (Wildman–Crippen LogP) is 5.23. The van der Waals surface area contributed by atoms with Crippen LogP contribution >= 0.6 is 0 Å². The van der Waals surface area contributed by atoms with E-state index in [1.54, 1.807) is 0 Å². The van der Waals surface area contributed by atoms with Crippen molar-refractivity contribution in [3.63, 3.8) is 0 Å². The van der Waals surface area contributed by atoms with E-state index in [0.717, 1.165) is 0 Å². The molecule has 0 aliphatic carbocycles. The van der Waals surface area contributed by atoms with Crippen LogP contribution in [0.15, 0.2) is 48.5 Å². The summed E-state index contributed by atoms with van der Waals surface area (Å²) >= 11 is 0. The van der Waals surface area contributed by atoms with E-state index in [0.29, 0.717) is 12.3 Å². The van der Waals surface area contributed by atoms with Crippen LogP contribution in [-0.4, -0.2) is 90.4 Å². The normalized spacial score (nSPS) is 28.0. The van der Waals surface area contributed by atoms with E-state index < -0.39 is 0 Å². The molecule has 0 spiro atoms. The number of nitrogens with zero attached hydrogens (tertiary/aromatic N) is 4. The third-order valence-electron chi connectivity index (χ3n) is 9.87. The summed E-state index contributed by atoms with van der Waals surface area (Å²) in [6.07, 6.45) is 12.0. The quantitative estimate of drug-likeness (QED) is 0.317. The van der Waals surface area contributed by atoms with Gasteiger partial charge in [-0.2, -0.15) is 0 Å². The van der Waals surface area contributed by atoms with Crippen molar-refractivity contribution in [3.05, 3.63) is 59.7 Å². The molecule has 0 bridgehead atoms. The third-order valence-corrected chi connectivity index (χ3v) is 9.87. The summed E-state index contributed by atoms with van der Waals surface area (Å²) in [5, 5.41) is 0. The van der Waals surface area contributed by atoms with Crippen molar-refractivity contribution in [2.24, 2.45) is 0 Å². The molecule has 3 unspecified atom stereocenters. The number of quaternary nitrogens is 1. The molecule has 0 N–H and O–H groups in total. The molecular formula is C32H47N4+. The Balaban J connectivity index is 1.03. The van der Waals surface area contributed by atoms with E-state index >= 15 is 0 Å². The number of hydrogen-bond acceptors (Lipinski definition) is 3. The first-order valence-electron chi connectivity index (χ1n) is 15.0. The number of unbranched alkanes of at least 4 members (excludes halogenated alkanes) is 5.